The van der Waals surface area contributed by atoms with E-state index in [4.69, 9.17) is 10.5 Å². The standard InChI is InChI=1S/C11H19N3O/c1-2-14-7-9(6-13-14)8-15-11-4-3-10(12)5-11/h6-7,10-11H,2-5,8,12H2,1H3. The minimum atomic E-state index is 0.341. The summed E-state index contributed by atoms with van der Waals surface area (Å²) < 4.78 is 7.70. The van der Waals surface area contributed by atoms with Crippen LogP contribution in [-0.2, 0) is 17.9 Å². The van der Waals surface area contributed by atoms with Gasteiger partial charge in [0, 0.05) is 24.3 Å². The minimum Gasteiger partial charge on any atom is -0.373 e. The monoisotopic (exact) mass is 209 g/mol. The van der Waals surface area contributed by atoms with Crippen LogP contribution in [0.15, 0.2) is 12.4 Å². The zero-order chi connectivity index (χ0) is 10.7. The van der Waals surface area contributed by atoms with Crippen LogP contribution >= 0.6 is 0 Å². The Labute approximate surface area is 90.4 Å². The van der Waals surface area contributed by atoms with E-state index in [1.165, 1.54) is 0 Å². The molecule has 0 radical (unpaired) electrons. The van der Waals surface area contributed by atoms with Crippen LogP contribution < -0.4 is 5.73 Å². The SMILES string of the molecule is CCn1cc(COC2CCC(N)C2)cn1. The van der Waals surface area contributed by atoms with E-state index in [1.807, 2.05) is 17.1 Å². The van der Waals surface area contributed by atoms with Gasteiger partial charge in [0.15, 0.2) is 0 Å². The first-order chi connectivity index (χ1) is 7.28. The van der Waals surface area contributed by atoms with Gasteiger partial charge in [-0.15, -0.1) is 0 Å². The highest BCUT2D eigenvalue weighted by atomic mass is 16.5. The highest BCUT2D eigenvalue weighted by Gasteiger charge is 2.22. The van der Waals surface area contributed by atoms with Gasteiger partial charge in [0.25, 0.3) is 0 Å². The summed E-state index contributed by atoms with van der Waals surface area (Å²) in [5, 5.41) is 4.21. The van der Waals surface area contributed by atoms with E-state index in [1.54, 1.807) is 0 Å². The van der Waals surface area contributed by atoms with E-state index in [0.29, 0.717) is 18.8 Å². The Morgan fingerprint density at radius 3 is 3.07 bits per heavy atom. The molecule has 4 nitrogen and oxygen atoms in total. The molecule has 1 saturated carbocycles. The smallest absolute Gasteiger partial charge is 0.0751 e. The molecule has 2 unspecified atom stereocenters. The number of nitrogens with zero attached hydrogens (tertiary/aromatic N) is 2. The van der Waals surface area contributed by atoms with Gasteiger partial charge in [-0.2, -0.15) is 5.10 Å². The summed E-state index contributed by atoms with van der Waals surface area (Å²) >= 11 is 0. The molecule has 4 heteroatoms. The van der Waals surface area contributed by atoms with Gasteiger partial charge >= 0.3 is 0 Å². The van der Waals surface area contributed by atoms with E-state index in [2.05, 4.69) is 12.0 Å². The quantitative estimate of drug-likeness (QED) is 0.813. The molecule has 84 valence electrons. The second-order valence-electron chi connectivity index (χ2n) is 4.21. The van der Waals surface area contributed by atoms with Crippen molar-refractivity contribution in [2.45, 2.75) is 51.5 Å². The molecule has 1 aromatic rings. The fourth-order valence-corrected chi connectivity index (χ4v) is 1.99. The van der Waals surface area contributed by atoms with Crippen LogP contribution in [0.25, 0.3) is 0 Å². The van der Waals surface area contributed by atoms with Gasteiger partial charge in [-0.05, 0) is 26.2 Å². The minimum absolute atomic E-state index is 0.341. The van der Waals surface area contributed by atoms with Gasteiger partial charge in [0.1, 0.15) is 0 Å². The molecule has 0 saturated heterocycles. The summed E-state index contributed by atoms with van der Waals surface area (Å²) in [5.41, 5.74) is 6.97. The van der Waals surface area contributed by atoms with E-state index in [0.717, 1.165) is 31.4 Å². The molecule has 1 fully saturated rings. The first-order valence-electron chi connectivity index (χ1n) is 5.66. The summed E-state index contributed by atoms with van der Waals surface area (Å²) in [6.07, 6.45) is 7.46. The number of ether oxygens (including phenoxy) is 1. The van der Waals surface area contributed by atoms with Crippen molar-refractivity contribution in [3.8, 4) is 0 Å². The predicted octanol–water partition coefficient (Wildman–Crippen LogP) is 1.30. The molecule has 15 heavy (non-hydrogen) atoms. The van der Waals surface area contributed by atoms with Crippen molar-refractivity contribution in [2.75, 3.05) is 0 Å². The maximum absolute atomic E-state index is 5.82. The third kappa shape index (κ3) is 2.79. The molecule has 1 heterocycles. The van der Waals surface area contributed by atoms with E-state index in [-0.39, 0.29) is 0 Å². The molecule has 1 aliphatic carbocycles. The van der Waals surface area contributed by atoms with Gasteiger partial charge in [0.2, 0.25) is 0 Å². The second kappa shape index (κ2) is 4.77. The van der Waals surface area contributed by atoms with Gasteiger partial charge in [-0.3, -0.25) is 4.68 Å². The number of nitrogens with two attached hydrogens (primary N) is 1. The van der Waals surface area contributed by atoms with Crippen LogP contribution in [0.2, 0.25) is 0 Å². The van der Waals surface area contributed by atoms with E-state index >= 15 is 0 Å². The van der Waals surface area contributed by atoms with Crippen LogP contribution in [0, 0.1) is 0 Å². The summed E-state index contributed by atoms with van der Waals surface area (Å²) in [6.45, 7) is 3.65. The highest BCUT2D eigenvalue weighted by Crippen LogP contribution is 2.21. The molecule has 0 aliphatic heterocycles. The summed E-state index contributed by atoms with van der Waals surface area (Å²) in [6, 6.07) is 0.341. The largest absolute Gasteiger partial charge is 0.373 e. The third-order valence-electron chi connectivity index (χ3n) is 2.92. The number of hydrogen-bond donors (Lipinski definition) is 1. The molecule has 0 spiro atoms. The molecule has 0 aromatic carbocycles. The maximum Gasteiger partial charge on any atom is 0.0751 e. The Hall–Kier alpha value is -0.870. The van der Waals surface area contributed by atoms with Crippen LogP contribution in [-0.4, -0.2) is 21.9 Å². The van der Waals surface area contributed by atoms with Crippen LogP contribution in [0.3, 0.4) is 0 Å². The van der Waals surface area contributed by atoms with Crippen molar-refractivity contribution in [3.05, 3.63) is 18.0 Å². The number of aryl methyl sites for hydroxylation is 1. The van der Waals surface area contributed by atoms with Gasteiger partial charge in [-0.1, -0.05) is 0 Å². The Morgan fingerprint density at radius 2 is 2.47 bits per heavy atom. The third-order valence-corrected chi connectivity index (χ3v) is 2.92. The zero-order valence-corrected chi connectivity index (χ0v) is 9.22. The lowest BCUT2D eigenvalue weighted by Crippen LogP contribution is -2.17. The Balaban J connectivity index is 1.77. The number of aromatic nitrogens is 2. The summed E-state index contributed by atoms with van der Waals surface area (Å²) in [4.78, 5) is 0. The molecule has 0 bridgehead atoms. The van der Waals surface area contributed by atoms with Crippen LogP contribution in [0.5, 0.6) is 0 Å². The van der Waals surface area contributed by atoms with Crippen molar-refractivity contribution < 1.29 is 4.74 Å². The average molecular weight is 209 g/mol. The van der Waals surface area contributed by atoms with E-state index in [9.17, 15) is 0 Å². The summed E-state index contributed by atoms with van der Waals surface area (Å²) in [5.74, 6) is 0. The topological polar surface area (TPSA) is 53.1 Å². The molecule has 1 aliphatic rings. The highest BCUT2D eigenvalue weighted by molar-refractivity contribution is 5.01. The van der Waals surface area contributed by atoms with Crippen molar-refractivity contribution >= 4 is 0 Å². The first-order valence-corrected chi connectivity index (χ1v) is 5.66. The normalized spacial score (nSPS) is 26.0. The van der Waals surface area contributed by atoms with E-state index < -0.39 is 0 Å². The number of hydrogen-bond acceptors (Lipinski definition) is 3. The average Bonchev–Trinajstić information content (AvgIpc) is 2.83. The lowest BCUT2D eigenvalue weighted by Gasteiger charge is -2.09. The lowest BCUT2D eigenvalue weighted by molar-refractivity contribution is 0.0448. The first kappa shape index (κ1) is 10.6. The molecular weight excluding hydrogens is 190 g/mol. The Kier molecular flexibility index (Phi) is 3.38. The fourth-order valence-electron chi connectivity index (χ4n) is 1.99. The van der Waals surface area contributed by atoms with Gasteiger partial charge in [0.05, 0.1) is 18.9 Å². The van der Waals surface area contributed by atoms with Crippen LogP contribution in [0.4, 0.5) is 0 Å². The molecular formula is C11H19N3O. The zero-order valence-electron chi connectivity index (χ0n) is 9.22. The van der Waals surface area contributed by atoms with Gasteiger partial charge in [-0.25, -0.2) is 0 Å². The van der Waals surface area contributed by atoms with Gasteiger partial charge < -0.3 is 10.5 Å². The van der Waals surface area contributed by atoms with Crippen molar-refractivity contribution in [1.29, 1.82) is 0 Å². The molecule has 2 atom stereocenters. The molecule has 2 rings (SSSR count). The van der Waals surface area contributed by atoms with Crippen LogP contribution in [0.1, 0.15) is 31.7 Å². The van der Waals surface area contributed by atoms with Crippen molar-refractivity contribution in [1.82, 2.24) is 9.78 Å². The molecule has 1 aromatic heterocycles. The number of rotatable bonds is 4. The lowest BCUT2D eigenvalue weighted by atomic mass is 10.3. The molecule has 2 N–H and O–H groups in total. The predicted molar refractivity (Wildman–Crippen MR) is 58.3 cm³/mol. The second-order valence-corrected chi connectivity index (χ2v) is 4.21. The van der Waals surface area contributed by atoms with Crippen molar-refractivity contribution in [3.63, 3.8) is 0 Å². The Bertz CT molecular complexity index is 311. The maximum atomic E-state index is 5.82. The Morgan fingerprint density at radius 1 is 1.60 bits per heavy atom. The molecule has 0 amide bonds. The summed E-state index contributed by atoms with van der Waals surface area (Å²) in [7, 11) is 0. The van der Waals surface area contributed by atoms with Crippen molar-refractivity contribution in [2.24, 2.45) is 5.73 Å². The fraction of sp³-hybridized carbons (Fsp3) is 0.727.